The third-order valence-corrected chi connectivity index (χ3v) is 9.25. The maximum Gasteiger partial charge on any atom is 0.257 e. The lowest BCUT2D eigenvalue weighted by atomic mass is 10.0. The standard InChI is InChI=1S/C40H48N8O8/c1-24(2)36-39(52)43-22-27-12-14-30(32(20-27)54-5)56-31-15-13-28(21-33(31)55-6)38(51)42-17-19-47(18-9-11-35(49)45-25(3)37(50)46-36)40(53)29-23-44-48(26(29)4)34-10-7-8-16-41-34/h7-8,10,12-16,20-21,23-25,36H,9,11,17-19,22H2,1-6H3,(H,42,51)(H,43,52)(H,45,49)(H,46,50)/t25-,36+/m1/s1. The summed E-state index contributed by atoms with van der Waals surface area (Å²) in [6.45, 7) is 7.44. The van der Waals surface area contributed by atoms with Gasteiger partial charge in [-0.2, -0.15) is 5.10 Å². The van der Waals surface area contributed by atoms with Crippen molar-refractivity contribution in [2.24, 2.45) is 5.92 Å². The van der Waals surface area contributed by atoms with Gasteiger partial charge < -0.3 is 40.4 Å². The van der Waals surface area contributed by atoms with Gasteiger partial charge in [0, 0.05) is 44.4 Å². The van der Waals surface area contributed by atoms with Gasteiger partial charge in [-0.05, 0) is 74.2 Å². The number of nitrogens with one attached hydrogen (secondary N) is 4. The number of carbonyl (C=O) groups is 5. The number of fused-ring (bicyclic) bond motifs is 2. The van der Waals surface area contributed by atoms with Gasteiger partial charge in [-0.3, -0.25) is 24.0 Å². The molecule has 296 valence electrons. The number of aromatic nitrogens is 3. The normalized spacial score (nSPS) is 17.7. The molecule has 0 saturated heterocycles. The van der Waals surface area contributed by atoms with Crippen LogP contribution >= 0.6 is 0 Å². The van der Waals surface area contributed by atoms with Crippen molar-refractivity contribution in [3.05, 3.63) is 89.4 Å². The molecular weight excluding hydrogens is 720 g/mol. The van der Waals surface area contributed by atoms with Crippen molar-refractivity contribution in [2.45, 2.75) is 59.2 Å². The molecule has 0 aliphatic carbocycles. The zero-order valence-corrected chi connectivity index (χ0v) is 32.4. The molecule has 16 heteroatoms. The number of pyridine rings is 1. The van der Waals surface area contributed by atoms with E-state index in [1.54, 1.807) is 71.2 Å². The summed E-state index contributed by atoms with van der Waals surface area (Å²) in [6.07, 6.45) is 3.36. The summed E-state index contributed by atoms with van der Waals surface area (Å²) in [4.78, 5) is 72.6. The van der Waals surface area contributed by atoms with Gasteiger partial charge >= 0.3 is 0 Å². The molecular formula is C40H48N8O8. The average Bonchev–Trinajstić information content (AvgIpc) is 3.58. The van der Waals surface area contributed by atoms with E-state index in [9.17, 15) is 24.0 Å². The Kier molecular flexibility index (Phi) is 13.6. The molecule has 56 heavy (non-hydrogen) atoms. The lowest BCUT2D eigenvalue weighted by Crippen LogP contribution is -2.54. The first-order valence-corrected chi connectivity index (χ1v) is 18.3. The van der Waals surface area contributed by atoms with E-state index in [4.69, 9.17) is 14.2 Å². The van der Waals surface area contributed by atoms with Crippen molar-refractivity contribution in [1.29, 1.82) is 0 Å². The Bertz CT molecular complexity index is 2050. The highest BCUT2D eigenvalue weighted by atomic mass is 16.5. The Morgan fingerprint density at radius 3 is 2.34 bits per heavy atom. The van der Waals surface area contributed by atoms with Gasteiger partial charge in [0.2, 0.25) is 17.7 Å². The first-order chi connectivity index (χ1) is 26.9. The molecule has 16 nitrogen and oxygen atoms in total. The summed E-state index contributed by atoms with van der Waals surface area (Å²) in [5.74, 6) is -0.395. The van der Waals surface area contributed by atoms with E-state index in [0.29, 0.717) is 51.2 Å². The van der Waals surface area contributed by atoms with E-state index in [-0.39, 0.29) is 50.8 Å². The van der Waals surface area contributed by atoms with E-state index in [1.807, 2.05) is 19.9 Å². The predicted octanol–water partition coefficient (Wildman–Crippen LogP) is 3.31. The van der Waals surface area contributed by atoms with Crippen LogP contribution in [0.25, 0.3) is 5.82 Å². The second-order valence-corrected chi connectivity index (χ2v) is 13.6. The first-order valence-electron chi connectivity index (χ1n) is 18.3. The van der Waals surface area contributed by atoms with Gasteiger partial charge in [-0.1, -0.05) is 26.0 Å². The molecule has 0 fully saturated rings. The molecule has 3 aliphatic rings. The lowest BCUT2D eigenvalue weighted by molar-refractivity contribution is -0.132. The van der Waals surface area contributed by atoms with Crippen molar-refractivity contribution in [3.8, 4) is 28.8 Å². The highest BCUT2D eigenvalue weighted by molar-refractivity contribution is 5.96. The largest absolute Gasteiger partial charge is 0.493 e. The number of amides is 5. The second kappa shape index (κ2) is 18.7. The van der Waals surface area contributed by atoms with Gasteiger partial charge in [0.05, 0.1) is 31.7 Å². The lowest BCUT2D eigenvalue weighted by Gasteiger charge is -2.24. The fourth-order valence-corrected chi connectivity index (χ4v) is 6.06. The number of hydrogen-bond donors (Lipinski definition) is 4. The molecule has 2 atom stereocenters. The maximum atomic E-state index is 14.0. The third kappa shape index (κ3) is 9.99. The molecule has 0 unspecified atom stereocenters. The quantitative estimate of drug-likeness (QED) is 0.234. The number of hydrogen-bond acceptors (Lipinski definition) is 10. The molecule has 0 spiro atoms. The van der Waals surface area contributed by atoms with Crippen LogP contribution in [0, 0.1) is 12.8 Å². The fraction of sp³-hybridized carbons (Fsp3) is 0.375. The minimum atomic E-state index is -0.938. The van der Waals surface area contributed by atoms with E-state index >= 15 is 0 Å². The Labute approximate surface area is 325 Å². The third-order valence-electron chi connectivity index (χ3n) is 9.25. The van der Waals surface area contributed by atoms with Gasteiger partial charge in [0.1, 0.15) is 12.1 Å². The Hall–Kier alpha value is -6.45. The molecule has 5 amide bonds. The van der Waals surface area contributed by atoms with Crippen LogP contribution in [0.4, 0.5) is 0 Å². The number of carbonyl (C=O) groups excluding carboxylic acids is 5. The number of methoxy groups -OCH3 is 2. The molecule has 4 aromatic rings. The summed E-state index contributed by atoms with van der Waals surface area (Å²) in [5, 5.41) is 15.6. The second-order valence-electron chi connectivity index (χ2n) is 13.6. The van der Waals surface area contributed by atoms with Crippen LogP contribution in [0.2, 0.25) is 0 Å². The molecule has 3 aliphatic heterocycles. The van der Waals surface area contributed by atoms with Crippen molar-refractivity contribution in [2.75, 3.05) is 33.9 Å². The molecule has 7 rings (SSSR count). The van der Waals surface area contributed by atoms with Crippen LogP contribution in [0.15, 0.2) is 67.0 Å². The van der Waals surface area contributed by atoms with Crippen LogP contribution in [0.1, 0.15) is 65.6 Å². The van der Waals surface area contributed by atoms with E-state index < -0.39 is 35.7 Å². The number of nitrogens with zero attached hydrogens (tertiary/aromatic N) is 4. The first kappa shape index (κ1) is 40.7. The van der Waals surface area contributed by atoms with Crippen molar-refractivity contribution >= 4 is 29.5 Å². The van der Waals surface area contributed by atoms with E-state index in [1.165, 1.54) is 27.3 Å². The van der Waals surface area contributed by atoms with Gasteiger partial charge in [-0.15, -0.1) is 0 Å². The fourth-order valence-electron chi connectivity index (χ4n) is 6.06. The van der Waals surface area contributed by atoms with Crippen LogP contribution < -0.4 is 35.5 Å². The average molecular weight is 769 g/mol. The SMILES string of the molecule is COc1cc2ccc1Oc1ccc(cc1OC)C(=O)NCCN(C(=O)c1cnn(-c3ccccn3)c1C)CCCC(=O)N[C@H](C)C(=O)N[C@@H](C(C)C)C(=O)NC2. The Morgan fingerprint density at radius 1 is 0.911 bits per heavy atom. The van der Waals surface area contributed by atoms with E-state index in [2.05, 4.69) is 31.3 Å². The molecule has 4 N–H and O–H groups in total. The molecule has 5 heterocycles. The zero-order valence-electron chi connectivity index (χ0n) is 32.4. The van der Waals surface area contributed by atoms with Crippen LogP contribution in [-0.2, 0) is 20.9 Å². The number of rotatable bonds is 5. The predicted molar refractivity (Wildman–Crippen MR) is 206 cm³/mol. The zero-order chi connectivity index (χ0) is 40.4. The number of ether oxygens (including phenoxy) is 3. The Morgan fingerprint density at radius 2 is 1.64 bits per heavy atom. The molecule has 0 saturated carbocycles. The summed E-state index contributed by atoms with van der Waals surface area (Å²) in [7, 11) is 2.95. The monoisotopic (exact) mass is 768 g/mol. The molecule has 2 aromatic carbocycles. The highest BCUT2D eigenvalue weighted by Gasteiger charge is 2.28. The van der Waals surface area contributed by atoms with Crippen LogP contribution in [-0.4, -0.2) is 95.1 Å². The summed E-state index contributed by atoms with van der Waals surface area (Å²) in [6, 6.07) is 13.5. The van der Waals surface area contributed by atoms with Crippen LogP contribution in [0.3, 0.4) is 0 Å². The van der Waals surface area contributed by atoms with Crippen molar-refractivity contribution < 1.29 is 38.2 Å². The summed E-state index contributed by atoms with van der Waals surface area (Å²) < 4.78 is 18.9. The maximum absolute atomic E-state index is 14.0. The molecule has 2 aromatic heterocycles. The topological polar surface area (TPSA) is 195 Å². The summed E-state index contributed by atoms with van der Waals surface area (Å²) in [5.41, 5.74) is 1.93. The summed E-state index contributed by atoms with van der Waals surface area (Å²) >= 11 is 0. The van der Waals surface area contributed by atoms with Crippen molar-refractivity contribution in [1.82, 2.24) is 40.9 Å². The van der Waals surface area contributed by atoms with Gasteiger partial charge in [0.15, 0.2) is 28.8 Å². The Balaban J connectivity index is 1.41. The van der Waals surface area contributed by atoms with E-state index in [0.717, 1.165) is 0 Å². The minimum Gasteiger partial charge on any atom is -0.493 e. The minimum absolute atomic E-state index is 0.00446. The van der Waals surface area contributed by atoms with Gasteiger partial charge in [0.25, 0.3) is 11.8 Å². The van der Waals surface area contributed by atoms with Crippen LogP contribution in [0.5, 0.6) is 23.0 Å². The smallest absolute Gasteiger partial charge is 0.257 e. The molecule has 0 radical (unpaired) electrons. The number of benzene rings is 2. The van der Waals surface area contributed by atoms with Crippen molar-refractivity contribution in [3.63, 3.8) is 0 Å². The molecule has 4 bridgehead atoms. The highest BCUT2D eigenvalue weighted by Crippen LogP contribution is 2.37. The van der Waals surface area contributed by atoms with Gasteiger partial charge in [-0.25, -0.2) is 9.67 Å².